The summed E-state index contributed by atoms with van der Waals surface area (Å²) in [5, 5.41) is 0. The number of Topliss-reactive ketones (excluding diaryl/α,β-unsaturated/α-hetero) is 1. The first-order valence-electron chi connectivity index (χ1n) is 6.25. The lowest BCUT2D eigenvalue weighted by molar-refractivity contribution is -0.138. The van der Waals surface area contributed by atoms with E-state index < -0.39 is 0 Å². The molecule has 0 aliphatic rings. The zero-order valence-corrected chi connectivity index (χ0v) is 10.9. The predicted octanol–water partition coefficient (Wildman–Crippen LogP) is 3.59. The molecule has 2 heteroatoms. The van der Waals surface area contributed by atoms with Gasteiger partial charge >= 0.3 is 0 Å². The number of ketones is 1. The van der Waals surface area contributed by atoms with Gasteiger partial charge < -0.3 is 4.74 Å². The molecule has 0 saturated carbocycles. The molecule has 0 N–H and O–H groups in total. The highest BCUT2D eigenvalue weighted by Crippen LogP contribution is 2.15. The van der Waals surface area contributed by atoms with Crippen LogP contribution in [0, 0.1) is 5.92 Å². The molecule has 2 nitrogen and oxygen atoms in total. The lowest BCUT2D eigenvalue weighted by Gasteiger charge is -2.23. The van der Waals surface area contributed by atoms with E-state index in [0.29, 0.717) is 0 Å². The summed E-state index contributed by atoms with van der Waals surface area (Å²) in [4.78, 5) is 11.9. The van der Waals surface area contributed by atoms with Gasteiger partial charge in [-0.05, 0) is 19.3 Å². The van der Waals surface area contributed by atoms with Crippen molar-refractivity contribution >= 4 is 5.78 Å². The Labute approximate surface area is 94.4 Å². The summed E-state index contributed by atoms with van der Waals surface area (Å²) in [5.41, 5.74) is 0. The van der Waals surface area contributed by atoms with Crippen LogP contribution in [0.25, 0.3) is 0 Å². The first kappa shape index (κ1) is 14.6. The van der Waals surface area contributed by atoms with E-state index in [9.17, 15) is 4.79 Å². The van der Waals surface area contributed by atoms with Gasteiger partial charge in [0, 0.05) is 5.92 Å². The molecule has 0 aromatic heterocycles. The van der Waals surface area contributed by atoms with Crippen molar-refractivity contribution in [2.24, 2.45) is 5.92 Å². The van der Waals surface area contributed by atoms with Gasteiger partial charge in [0.1, 0.15) is 6.10 Å². The van der Waals surface area contributed by atoms with Gasteiger partial charge in [-0.25, -0.2) is 0 Å². The number of carbonyl (C=O) groups is 1. The van der Waals surface area contributed by atoms with Gasteiger partial charge in [-0.3, -0.25) is 4.79 Å². The third kappa shape index (κ3) is 5.31. The van der Waals surface area contributed by atoms with E-state index in [4.69, 9.17) is 4.74 Å². The van der Waals surface area contributed by atoms with Gasteiger partial charge in [-0.1, -0.05) is 41.0 Å². The average molecular weight is 214 g/mol. The molecule has 15 heavy (non-hydrogen) atoms. The molecule has 0 aliphatic heterocycles. The Balaban J connectivity index is 4.31. The number of hydrogen-bond acceptors (Lipinski definition) is 2. The monoisotopic (exact) mass is 214 g/mol. The molecule has 0 amide bonds. The molecule has 0 saturated heterocycles. The maximum atomic E-state index is 11.9. The average Bonchev–Trinajstić information content (AvgIpc) is 2.23. The van der Waals surface area contributed by atoms with Gasteiger partial charge in [-0.15, -0.1) is 0 Å². The first-order valence-corrected chi connectivity index (χ1v) is 6.25. The second kappa shape index (κ2) is 7.86. The van der Waals surface area contributed by atoms with E-state index in [1.807, 2.05) is 13.8 Å². The summed E-state index contributed by atoms with van der Waals surface area (Å²) in [7, 11) is 0. The highest BCUT2D eigenvalue weighted by Gasteiger charge is 2.23. The molecule has 0 radical (unpaired) electrons. The minimum Gasteiger partial charge on any atom is -0.367 e. The third-order valence-electron chi connectivity index (χ3n) is 2.70. The Morgan fingerprint density at radius 3 is 2.00 bits per heavy atom. The van der Waals surface area contributed by atoms with Gasteiger partial charge in [0.2, 0.25) is 0 Å². The van der Waals surface area contributed by atoms with Crippen LogP contribution in [0.15, 0.2) is 0 Å². The Bertz CT molecular complexity index is 171. The lowest BCUT2D eigenvalue weighted by atomic mass is 10.00. The minimum atomic E-state index is -0.181. The van der Waals surface area contributed by atoms with Crippen LogP contribution in [0.2, 0.25) is 0 Å². The fourth-order valence-electron chi connectivity index (χ4n) is 1.62. The highest BCUT2D eigenvalue weighted by atomic mass is 16.5. The maximum absolute atomic E-state index is 11.9. The zero-order valence-electron chi connectivity index (χ0n) is 10.9. The summed E-state index contributed by atoms with van der Waals surface area (Å²) in [6, 6.07) is 0. The summed E-state index contributed by atoms with van der Waals surface area (Å²) in [5.74, 6) is 0.333. The van der Waals surface area contributed by atoms with E-state index in [0.717, 1.165) is 25.7 Å². The number of rotatable bonds is 8. The Hall–Kier alpha value is -0.370. The Morgan fingerprint density at radius 1 is 1.13 bits per heavy atom. The largest absolute Gasteiger partial charge is 0.367 e. The van der Waals surface area contributed by atoms with Crippen LogP contribution >= 0.6 is 0 Å². The van der Waals surface area contributed by atoms with Gasteiger partial charge in [0.05, 0.1) is 6.10 Å². The molecular weight excluding hydrogens is 188 g/mol. The maximum Gasteiger partial charge on any atom is 0.164 e. The summed E-state index contributed by atoms with van der Waals surface area (Å²) in [6.07, 6.45) is 3.89. The number of hydrogen-bond donors (Lipinski definition) is 0. The second-order valence-corrected chi connectivity index (χ2v) is 4.41. The van der Waals surface area contributed by atoms with E-state index in [1.54, 1.807) is 0 Å². The fraction of sp³-hybridized carbons (Fsp3) is 0.923. The quantitative estimate of drug-likeness (QED) is 0.617. The molecule has 0 heterocycles. The highest BCUT2D eigenvalue weighted by molar-refractivity contribution is 5.84. The van der Waals surface area contributed by atoms with Crippen LogP contribution in [0.1, 0.15) is 60.3 Å². The van der Waals surface area contributed by atoms with Crippen LogP contribution < -0.4 is 0 Å². The molecule has 0 aromatic carbocycles. The molecule has 0 rings (SSSR count). The van der Waals surface area contributed by atoms with E-state index >= 15 is 0 Å². The molecule has 0 aliphatic carbocycles. The summed E-state index contributed by atoms with van der Waals surface area (Å²) >= 11 is 0. The summed E-state index contributed by atoms with van der Waals surface area (Å²) < 4.78 is 5.86. The predicted molar refractivity (Wildman–Crippen MR) is 64.0 cm³/mol. The van der Waals surface area contributed by atoms with Crippen molar-refractivity contribution in [2.75, 3.05) is 0 Å². The van der Waals surface area contributed by atoms with Crippen molar-refractivity contribution in [2.45, 2.75) is 72.5 Å². The van der Waals surface area contributed by atoms with Crippen LogP contribution in [-0.2, 0) is 9.53 Å². The van der Waals surface area contributed by atoms with Gasteiger partial charge in [0.15, 0.2) is 5.78 Å². The van der Waals surface area contributed by atoms with Crippen molar-refractivity contribution in [3.63, 3.8) is 0 Å². The Kier molecular flexibility index (Phi) is 7.67. The van der Waals surface area contributed by atoms with Crippen molar-refractivity contribution in [3.05, 3.63) is 0 Å². The van der Waals surface area contributed by atoms with E-state index in [1.165, 1.54) is 0 Å². The van der Waals surface area contributed by atoms with Crippen molar-refractivity contribution in [1.82, 2.24) is 0 Å². The fourth-order valence-corrected chi connectivity index (χ4v) is 1.62. The molecule has 0 spiro atoms. The smallest absolute Gasteiger partial charge is 0.164 e. The molecule has 0 aromatic rings. The van der Waals surface area contributed by atoms with Crippen LogP contribution in [-0.4, -0.2) is 18.0 Å². The lowest BCUT2D eigenvalue weighted by Crippen LogP contribution is -2.32. The third-order valence-corrected chi connectivity index (χ3v) is 2.70. The molecule has 0 fully saturated rings. The van der Waals surface area contributed by atoms with E-state index in [2.05, 4.69) is 20.8 Å². The zero-order chi connectivity index (χ0) is 11.8. The molecular formula is C13H26O2. The van der Waals surface area contributed by atoms with Crippen molar-refractivity contribution < 1.29 is 9.53 Å². The van der Waals surface area contributed by atoms with Gasteiger partial charge in [0.25, 0.3) is 0 Å². The number of carbonyl (C=O) groups excluding carboxylic acids is 1. The first-order chi connectivity index (χ1) is 7.06. The van der Waals surface area contributed by atoms with Gasteiger partial charge in [-0.2, -0.15) is 0 Å². The van der Waals surface area contributed by atoms with Crippen molar-refractivity contribution in [3.8, 4) is 0 Å². The van der Waals surface area contributed by atoms with Crippen LogP contribution in [0.4, 0.5) is 0 Å². The van der Waals surface area contributed by atoms with E-state index in [-0.39, 0.29) is 23.9 Å². The number of ether oxygens (including phenoxy) is 1. The normalized spacial score (nSPS) is 13.5. The molecule has 1 atom stereocenters. The Morgan fingerprint density at radius 2 is 1.67 bits per heavy atom. The molecule has 0 bridgehead atoms. The minimum absolute atomic E-state index is 0.0795. The van der Waals surface area contributed by atoms with Crippen LogP contribution in [0.3, 0.4) is 0 Å². The summed E-state index contributed by atoms with van der Waals surface area (Å²) in [6.45, 7) is 10.2. The van der Waals surface area contributed by atoms with Crippen molar-refractivity contribution in [1.29, 1.82) is 0 Å². The second-order valence-electron chi connectivity index (χ2n) is 4.41. The molecule has 0 unspecified atom stereocenters. The topological polar surface area (TPSA) is 26.3 Å². The van der Waals surface area contributed by atoms with Crippen LogP contribution in [0.5, 0.6) is 0 Å². The standard InChI is InChI=1S/C13H26O2/c1-6-9-12(13(14)10(4)5)15-11(7-2)8-3/h10-12H,6-9H2,1-5H3/t12-/m1/s1. The molecule has 90 valence electrons. The SMILES string of the molecule is CCC[C@@H](OC(CC)CC)C(=O)C(C)C.